The molecule has 3 aliphatic heterocycles. The van der Waals surface area contributed by atoms with Gasteiger partial charge in [0.1, 0.15) is 0 Å². The van der Waals surface area contributed by atoms with Crippen LogP contribution < -0.4 is 26.2 Å². The maximum absolute atomic E-state index is 15.7. The van der Waals surface area contributed by atoms with E-state index in [-0.39, 0.29) is 11.9 Å². The summed E-state index contributed by atoms with van der Waals surface area (Å²) in [6, 6.07) is 13.0. The van der Waals surface area contributed by atoms with Crippen molar-refractivity contribution in [3.05, 3.63) is 65.2 Å². The molecule has 11 heteroatoms. The highest BCUT2D eigenvalue weighted by Crippen LogP contribution is 2.37. The Balaban J connectivity index is 1.19. The van der Waals surface area contributed by atoms with Gasteiger partial charge in [-0.3, -0.25) is 25.6 Å². The number of hydrogen-bond acceptors (Lipinski definition) is 6. The van der Waals surface area contributed by atoms with Crippen molar-refractivity contribution >= 4 is 11.6 Å². The number of piperazine rings is 1. The van der Waals surface area contributed by atoms with Crippen LogP contribution in [0.4, 0.5) is 23.2 Å². The van der Waals surface area contributed by atoms with Gasteiger partial charge in [0.05, 0.1) is 24.4 Å². The zero-order valence-corrected chi connectivity index (χ0v) is 20.4. The van der Waals surface area contributed by atoms with Gasteiger partial charge >= 0.3 is 6.18 Å². The van der Waals surface area contributed by atoms with Crippen LogP contribution in [-0.2, 0) is 17.5 Å². The fourth-order valence-electron chi connectivity index (χ4n) is 5.45. The van der Waals surface area contributed by atoms with Crippen molar-refractivity contribution in [3.63, 3.8) is 0 Å². The third kappa shape index (κ3) is 5.90. The Kier molecular flexibility index (Phi) is 7.66. The second-order valence-electron chi connectivity index (χ2n) is 9.79. The van der Waals surface area contributed by atoms with Crippen molar-refractivity contribution in [1.29, 1.82) is 0 Å². The van der Waals surface area contributed by atoms with E-state index >= 15 is 4.39 Å². The summed E-state index contributed by atoms with van der Waals surface area (Å²) in [6.07, 6.45) is -5.15. The van der Waals surface area contributed by atoms with Gasteiger partial charge in [0.25, 0.3) is 0 Å². The van der Waals surface area contributed by atoms with Gasteiger partial charge in [-0.2, -0.15) is 13.2 Å². The summed E-state index contributed by atoms with van der Waals surface area (Å²) in [5.74, 6) is 0.0103. The maximum Gasteiger partial charge on any atom is 0.416 e. The SMILES string of the molecule is O=C1CN(c2ccc(CNC3NCNC(N4CCCC4c4ccc(C(F)(F)F)cc4)C3F)cc2)CCN1. The van der Waals surface area contributed by atoms with Crippen LogP contribution in [0.5, 0.6) is 0 Å². The second-order valence-corrected chi connectivity index (χ2v) is 9.79. The number of carbonyl (C=O) groups excluding carboxylic acids is 1. The van der Waals surface area contributed by atoms with E-state index in [1.165, 1.54) is 12.1 Å². The van der Waals surface area contributed by atoms with Crippen molar-refractivity contribution in [3.8, 4) is 0 Å². The first-order valence-corrected chi connectivity index (χ1v) is 12.7. The number of nitrogens with one attached hydrogen (secondary N) is 4. The monoisotopic (exact) mass is 520 g/mol. The Morgan fingerprint density at radius 2 is 1.76 bits per heavy atom. The largest absolute Gasteiger partial charge is 0.416 e. The number of alkyl halides is 4. The molecule has 200 valence electrons. The molecule has 3 saturated heterocycles. The van der Waals surface area contributed by atoms with E-state index < -0.39 is 30.2 Å². The summed E-state index contributed by atoms with van der Waals surface area (Å²) >= 11 is 0. The lowest BCUT2D eigenvalue weighted by atomic mass is 10.0. The highest BCUT2D eigenvalue weighted by Gasteiger charge is 2.41. The van der Waals surface area contributed by atoms with Crippen molar-refractivity contribution in [2.45, 2.75) is 50.1 Å². The minimum absolute atomic E-state index is 0.0103. The molecule has 3 aliphatic rings. The fraction of sp³-hybridized carbons (Fsp3) is 0.500. The van der Waals surface area contributed by atoms with Crippen LogP contribution >= 0.6 is 0 Å². The Morgan fingerprint density at radius 3 is 2.46 bits per heavy atom. The van der Waals surface area contributed by atoms with Crippen molar-refractivity contribution in [2.75, 3.05) is 37.7 Å². The van der Waals surface area contributed by atoms with E-state index in [4.69, 9.17) is 0 Å². The van der Waals surface area contributed by atoms with Gasteiger partial charge in [-0.25, -0.2) is 4.39 Å². The molecule has 3 fully saturated rings. The molecular formula is C26H32F4N6O. The minimum atomic E-state index is -4.38. The summed E-state index contributed by atoms with van der Waals surface area (Å²) in [5, 5.41) is 12.4. The number of benzene rings is 2. The molecule has 0 bridgehead atoms. The molecule has 0 aromatic heterocycles. The number of likely N-dealkylation sites (tertiary alicyclic amines) is 1. The van der Waals surface area contributed by atoms with Crippen LogP contribution in [-0.4, -0.2) is 62.2 Å². The number of nitrogens with zero attached hydrogens (tertiary/aromatic N) is 2. The van der Waals surface area contributed by atoms with Crippen LogP contribution in [0.15, 0.2) is 48.5 Å². The van der Waals surface area contributed by atoms with Gasteiger partial charge in [0.2, 0.25) is 5.91 Å². The minimum Gasteiger partial charge on any atom is -0.360 e. The molecule has 0 aliphatic carbocycles. The van der Waals surface area contributed by atoms with Gasteiger partial charge in [0.15, 0.2) is 6.17 Å². The van der Waals surface area contributed by atoms with E-state index in [9.17, 15) is 18.0 Å². The molecule has 37 heavy (non-hydrogen) atoms. The van der Waals surface area contributed by atoms with E-state index in [2.05, 4.69) is 21.3 Å². The first-order chi connectivity index (χ1) is 17.8. The van der Waals surface area contributed by atoms with Crippen LogP contribution in [0.25, 0.3) is 0 Å². The zero-order chi connectivity index (χ0) is 26.0. The van der Waals surface area contributed by atoms with Gasteiger partial charge in [0, 0.05) is 44.6 Å². The lowest BCUT2D eigenvalue weighted by Crippen LogP contribution is -2.68. The van der Waals surface area contributed by atoms with Crippen LogP contribution in [0.3, 0.4) is 0 Å². The number of halogens is 4. The van der Waals surface area contributed by atoms with Gasteiger partial charge < -0.3 is 10.2 Å². The molecule has 1 amide bonds. The lowest BCUT2D eigenvalue weighted by Gasteiger charge is -2.42. The normalized spacial score (nSPS) is 27.4. The molecule has 4 atom stereocenters. The third-order valence-electron chi connectivity index (χ3n) is 7.39. The predicted octanol–water partition coefficient (Wildman–Crippen LogP) is 2.71. The molecule has 0 radical (unpaired) electrons. The summed E-state index contributed by atoms with van der Waals surface area (Å²) in [7, 11) is 0. The molecule has 7 nitrogen and oxygen atoms in total. The Bertz CT molecular complexity index is 1060. The van der Waals surface area contributed by atoms with E-state index in [1.54, 1.807) is 0 Å². The topological polar surface area (TPSA) is 71.7 Å². The molecule has 4 unspecified atom stereocenters. The molecule has 0 spiro atoms. The molecule has 0 saturated carbocycles. The smallest absolute Gasteiger partial charge is 0.360 e. The quantitative estimate of drug-likeness (QED) is 0.440. The van der Waals surface area contributed by atoms with E-state index in [1.807, 2.05) is 34.1 Å². The summed E-state index contributed by atoms with van der Waals surface area (Å²) in [4.78, 5) is 15.7. The van der Waals surface area contributed by atoms with E-state index in [0.717, 1.165) is 48.3 Å². The Labute approximate surface area is 213 Å². The number of carbonyl (C=O) groups is 1. The van der Waals surface area contributed by atoms with Gasteiger partial charge in [-0.15, -0.1) is 0 Å². The molecule has 3 heterocycles. The van der Waals surface area contributed by atoms with Gasteiger partial charge in [-0.1, -0.05) is 24.3 Å². The second kappa shape index (κ2) is 10.9. The summed E-state index contributed by atoms with van der Waals surface area (Å²) in [5.41, 5.74) is 2.07. The van der Waals surface area contributed by atoms with Crippen LogP contribution in [0.1, 0.15) is 35.6 Å². The number of anilines is 1. The highest BCUT2D eigenvalue weighted by molar-refractivity contribution is 5.82. The Morgan fingerprint density at radius 1 is 1.00 bits per heavy atom. The van der Waals surface area contributed by atoms with Crippen LogP contribution in [0, 0.1) is 0 Å². The first-order valence-electron chi connectivity index (χ1n) is 12.7. The molecule has 2 aromatic rings. The van der Waals surface area contributed by atoms with Gasteiger partial charge in [-0.05, 0) is 48.2 Å². The summed E-state index contributed by atoms with van der Waals surface area (Å²) in [6.45, 7) is 3.28. The van der Waals surface area contributed by atoms with Crippen molar-refractivity contribution < 1.29 is 22.4 Å². The number of hydrogen-bond donors (Lipinski definition) is 4. The average Bonchev–Trinajstić information content (AvgIpc) is 3.38. The highest BCUT2D eigenvalue weighted by atomic mass is 19.4. The third-order valence-corrected chi connectivity index (χ3v) is 7.39. The van der Waals surface area contributed by atoms with Crippen molar-refractivity contribution in [1.82, 2.24) is 26.2 Å². The first kappa shape index (κ1) is 25.9. The molecule has 2 aromatic carbocycles. The Hall–Kier alpha value is -2.73. The van der Waals surface area contributed by atoms with Crippen LogP contribution in [0.2, 0.25) is 0 Å². The number of rotatable bonds is 6. The van der Waals surface area contributed by atoms with Crippen molar-refractivity contribution in [2.24, 2.45) is 0 Å². The predicted molar refractivity (Wildman–Crippen MR) is 132 cm³/mol. The number of amides is 1. The fourth-order valence-corrected chi connectivity index (χ4v) is 5.45. The molecule has 5 rings (SSSR count). The molecule has 4 N–H and O–H groups in total. The van der Waals surface area contributed by atoms with E-state index in [0.29, 0.717) is 32.8 Å². The standard InChI is InChI=1S/C26H32F4N6O/c27-23-24(32-14-17-3-9-20(10-4-17)35-13-11-31-22(37)15-35)33-16-34-25(23)36-12-1-2-21(36)18-5-7-19(8-6-18)26(28,29)30/h3-10,21,23-25,32-34H,1-2,11-16H2,(H,31,37). The summed E-state index contributed by atoms with van der Waals surface area (Å²) < 4.78 is 54.6. The average molecular weight is 521 g/mol. The molecular weight excluding hydrogens is 488 g/mol. The lowest BCUT2D eigenvalue weighted by molar-refractivity contribution is -0.137. The maximum atomic E-state index is 15.7. The zero-order valence-electron chi connectivity index (χ0n) is 20.4.